The van der Waals surface area contributed by atoms with Crippen molar-refractivity contribution in [2.45, 2.75) is 43.1 Å². The summed E-state index contributed by atoms with van der Waals surface area (Å²) in [7, 11) is 4.03. The van der Waals surface area contributed by atoms with Gasteiger partial charge in [-0.05, 0) is 46.0 Å². The van der Waals surface area contributed by atoms with Crippen molar-refractivity contribution in [2.24, 2.45) is 0 Å². The smallest absolute Gasteiger partial charge is 0.238 e. The van der Waals surface area contributed by atoms with Crippen molar-refractivity contribution in [1.29, 1.82) is 0 Å². The molecular formula is C13H24N2O2S. The van der Waals surface area contributed by atoms with E-state index in [1.54, 1.807) is 11.8 Å². The number of hydrogen-bond donors (Lipinski definition) is 1. The molecule has 1 amide bonds. The molecule has 2 saturated heterocycles. The number of hydrogen-bond acceptors (Lipinski definition) is 4. The molecule has 18 heavy (non-hydrogen) atoms. The van der Waals surface area contributed by atoms with Crippen molar-refractivity contribution in [3.05, 3.63) is 0 Å². The largest absolute Gasteiger partial charge is 0.391 e. The standard InChI is InChI=1S/C13H24N2O2S/c1-13(5-4-6-18-13)12(17)15-9-11(16)7-10(15)8-14(2)3/h10-11,16H,4-9H2,1-3H3. The van der Waals surface area contributed by atoms with Crippen LogP contribution in [0, 0.1) is 0 Å². The number of carbonyl (C=O) groups excluding carboxylic acids is 1. The quantitative estimate of drug-likeness (QED) is 0.825. The van der Waals surface area contributed by atoms with Crippen molar-refractivity contribution in [3.8, 4) is 0 Å². The van der Waals surface area contributed by atoms with Gasteiger partial charge in [-0.2, -0.15) is 0 Å². The van der Waals surface area contributed by atoms with E-state index in [2.05, 4.69) is 11.8 Å². The lowest BCUT2D eigenvalue weighted by atomic mass is 10.0. The molecular weight excluding hydrogens is 248 g/mol. The van der Waals surface area contributed by atoms with Gasteiger partial charge in [-0.3, -0.25) is 4.79 Å². The first-order chi connectivity index (χ1) is 8.42. The van der Waals surface area contributed by atoms with E-state index in [9.17, 15) is 9.90 Å². The lowest BCUT2D eigenvalue weighted by molar-refractivity contribution is -0.134. The third kappa shape index (κ3) is 2.83. The first kappa shape index (κ1) is 14.2. The van der Waals surface area contributed by atoms with Crippen LogP contribution in [0.5, 0.6) is 0 Å². The number of aliphatic hydroxyl groups excluding tert-OH is 1. The van der Waals surface area contributed by atoms with E-state index < -0.39 is 0 Å². The zero-order valence-electron chi connectivity index (χ0n) is 11.6. The van der Waals surface area contributed by atoms with Gasteiger partial charge in [0.1, 0.15) is 0 Å². The molecule has 2 aliphatic heterocycles. The molecule has 0 aliphatic carbocycles. The molecule has 104 valence electrons. The van der Waals surface area contributed by atoms with E-state index >= 15 is 0 Å². The van der Waals surface area contributed by atoms with Crippen LogP contribution in [0.3, 0.4) is 0 Å². The molecule has 3 unspecified atom stereocenters. The number of β-amino-alcohol motifs (C(OH)–C–C–N with tert-alkyl or cyclic N) is 1. The predicted octanol–water partition coefficient (Wildman–Crippen LogP) is 0.795. The van der Waals surface area contributed by atoms with Gasteiger partial charge in [0, 0.05) is 19.1 Å². The molecule has 5 heteroatoms. The van der Waals surface area contributed by atoms with Gasteiger partial charge < -0.3 is 14.9 Å². The van der Waals surface area contributed by atoms with E-state index in [-0.39, 0.29) is 22.8 Å². The summed E-state index contributed by atoms with van der Waals surface area (Å²) in [5.74, 6) is 1.31. The molecule has 0 spiro atoms. The number of carbonyl (C=O) groups is 1. The first-order valence-corrected chi connectivity index (χ1v) is 7.69. The Morgan fingerprint density at radius 2 is 2.28 bits per heavy atom. The Morgan fingerprint density at radius 1 is 1.56 bits per heavy atom. The molecule has 2 rings (SSSR count). The highest BCUT2D eigenvalue weighted by atomic mass is 32.2. The predicted molar refractivity (Wildman–Crippen MR) is 74.8 cm³/mol. The maximum absolute atomic E-state index is 12.7. The summed E-state index contributed by atoms with van der Waals surface area (Å²) in [5, 5.41) is 9.84. The lowest BCUT2D eigenvalue weighted by Gasteiger charge is -2.33. The molecule has 4 nitrogen and oxygen atoms in total. The molecule has 2 heterocycles. The summed E-state index contributed by atoms with van der Waals surface area (Å²) < 4.78 is -0.255. The van der Waals surface area contributed by atoms with E-state index in [1.165, 1.54) is 0 Å². The number of likely N-dealkylation sites (N-methyl/N-ethyl adjacent to an activating group) is 1. The maximum Gasteiger partial charge on any atom is 0.238 e. The Balaban J connectivity index is 2.07. The minimum atomic E-state index is -0.353. The number of aliphatic hydroxyl groups is 1. The van der Waals surface area contributed by atoms with Gasteiger partial charge in [0.25, 0.3) is 0 Å². The summed E-state index contributed by atoms with van der Waals surface area (Å²) in [5.41, 5.74) is 0. The number of amides is 1. The van der Waals surface area contributed by atoms with Crippen LogP contribution in [-0.4, -0.2) is 70.6 Å². The van der Waals surface area contributed by atoms with Gasteiger partial charge in [-0.15, -0.1) is 11.8 Å². The van der Waals surface area contributed by atoms with Crippen molar-refractivity contribution >= 4 is 17.7 Å². The maximum atomic E-state index is 12.7. The Labute approximate surface area is 114 Å². The summed E-state index contributed by atoms with van der Waals surface area (Å²) in [4.78, 5) is 16.7. The van der Waals surface area contributed by atoms with E-state index in [1.807, 2.05) is 19.0 Å². The van der Waals surface area contributed by atoms with Crippen LogP contribution in [0.25, 0.3) is 0 Å². The van der Waals surface area contributed by atoms with Crippen LogP contribution >= 0.6 is 11.8 Å². The lowest BCUT2D eigenvalue weighted by Crippen LogP contribution is -2.49. The third-order valence-electron chi connectivity index (χ3n) is 3.90. The van der Waals surface area contributed by atoms with Crippen molar-refractivity contribution in [1.82, 2.24) is 9.80 Å². The average Bonchev–Trinajstić information content (AvgIpc) is 2.85. The van der Waals surface area contributed by atoms with Gasteiger partial charge in [0.05, 0.1) is 10.9 Å². The fourth-order valence-corrected chi connectivity index (χ4v) is 4.26. The van der Waals surface area contributed by atoms with Gasteiger partial charge in [0.15, 0.2) is 0 Å². The van der Waals surface area contributed by atoms with Gasteiger partial charge in [-0.25, -0.2) is 0 Å². The molecule has 0 aromatic heterocycles. The highest BCUT2D eigenvalue weighted by Gasteiger charge is 2.45. The second-order valence-electron chi connectivity index (χ2n) is 5.95. The number of nitrogens with zero attached hydrogens (tertiary/aromatic N) is 2. The molecule has 0 aromatic rings. The van der Waals surface area contributed by atoms with Crippen LogP contribution in [-0.2, 0) is 4.79 Å². The fraction of sp³-hybridized carbons (Fsp3) is 0.923. The number of thioether (sulfide) groups is 1. The highest BCUT2D eigenvalue weighted by molar-refractivity contribution is 8.01. The minimum Gasteiger partial charge on any atom is -0.391 e. The van der Waals surface area contributed by atoms with Crippen LogP contribution in [0.15, 0.2) is 0 Å². The molecule has 2 fully saturated rings. The summed E-state index contributed by atoms with van der Waals surface area (Å²) in [6.45, 7) is 3.40. The van der Waals surface area contributed by atoms with E-state index in [0.717, 1.165) is 25.1 Å². The third-order valence-corrected chi connectivity index (χ3v) is 5.41. The Kier molecular flexibility index (Phi) is 4.24. The SMILES string of the molecule is CN(C)CC1CC(O)CN1C(=O)C1(C)CCCS1. The number of likely N-dealkylation sites (tertiary alicyclic amines) is 1. The second-order valence-corrected chi connectivity index (χ2v) is 7.54. The first-order valence-electron chi connectivity index (χ1n) is 6.70. The average molecular weight is 272 g/mol. The van der Waals surface area contributed by atoms with Gasteiger partial charge in [-0.1, -0.05) is 0 Å². The van der Waals surface area contributed by atoms with Crippen LogP contribution in [0.1, 0.15) is 26.2 Å². The summed E-state index contributed by atoms with van der Waals surface area (Å²) in [6.07, 6.45) is 2.46. The van der Waals surface area contributed by atoms with E-state index in [4.69, 9.17) is 0 Å². The molecule has 0 aromatic carbocycles. The number of rotatable bonds is 3. The molecule has 3 atom stereocenters. The van der Waals surface area contributed by atoms with Crippen LogP contribution in [0.4, 0.5) is 0 Å². The Morgan fingerprint density at radius 3 is 2.83 bits per heavy atom. The minimum absolute atomic E-state index is 0.167. The normalized spacial score (nSPS) is 36.6. The zero-order valence-corrected chi connectivity index (χ0v) is 12.4. The Hall–Kier alpha value is -0.260. The van der Waals surface area contributed by atoms with Crippen LogP contribution < -0.4 is 0 Å². The van der Waals surface area contributed by atoms with Gasteiger partial charge >= 0.3 is 0 Å². The van der Waals surface area contributed by atoms with Crippen molar-refractivity contribution < 1.29 is 9.90 Å². The van der Waals surface area contributed by atoms with Crippen molar-refractivity contribution in [3.63, 3.8) is 0 Å². The zero-order chi connectivity index (χ0) is 13.3. The van der Waals surface area contributed by atoms with E-state index in [0.29, 0.717) is 13.0 Å². The molecule has 0 saturated carbocycles. The Bertz CT molecular complexity index is 316. The summed E-state index contributed by atoms with van der Waals surface area (Å²) >= 11 is 1.78. The second kappa shape index (κ2) is 5.39. The molecule has 0 bridgehead atoms. The monoisotopic (exact) mass is 272 g/mol. The molecule has 1 N–H and O–H groups in total. The van der Waals surface area contributed by atoms with Crippen molar-refractivity contribution in [2.75, 3.05) is 32.9 Å². The molecule has 2 aliphatic rings. The summed E-state index contributed by atoms with van der Waals surface area (Å²) in [6, 6.07) is 0.167. The fourth-order valence-electron chi connectivity index (χ4n) is 2.99. The van der Waals surface area contributed by atoms with Gasteiger partial charge in [0.2, 0.25) is 5.91 Å². The molecule has 0 radical (unpaired) electrons. The highest BCUT2D eigenvalue weighted by Crippen LogP contribution is 2.40. The topological polar surface area (TPSA) is 43.8 Å². The van der Waals surface area contributed by atoms with Crippen LogP contribution in [0.2, 0.25) is 0 Å².